The van der Waals surface area contributed by atoms with Gasteiger partial charge >= 0.3 is 11.4 Å². The summed E-state index contributed by atoms with van der Waals surface area (Å²) in [5, 5.41) is 4.67. The van der Waals surface area contributed by atoms with E-state index in [1.807, 2.05) is 0 Å². The Kier molecular flexibility index (Phi) is 1.95. The van der Waals surface area contributed by atoms with Gasteiger partial charge in [0.2, 0.25) is 4.96 Å². The number of nitrogens with zero attached hydrogens (tertiary/aromatic N) is 4. The molecule has 7 heteroatoms. The lowest BCUT2D eigenvalue weighted by Gasteiger charge is -1.97. The van der Waals surface area contributed by atoms with Gasteiger partial charge in [0.15, 0.2) is 0 Å². The third-order valence-corrected chi connectivity index (χ3v) is 2.64. The topological polar surface area (TPSA) is 69.3 Å². The van der Waals surface area contributed by atoms with Crippen molar-refractivity contribution in [2.45, 2.75) is 20.4 Å². The van der Waals surface area contributed by atoms with E-state index in [9.17, 15) is 9.59 Å². The Morgan fingerprint density at radius 1 is 1.43 bits per heavy atom. The summed E-state index contributed by atoms with van der Waals surface area (Å²) in [6, 6.07) is 0. The summed E-state index contributed by atoms with van der Waals surface area (Å²) in [4.78, 5) is 27.0. The predicted octanol–water partition coefficient (Wildman–Crippen LogP) is -0.359. The maximum Gasteiger partial charge on any atom is 0.355 e. The highest BCUT2D eigenvalue weighted by atomic mass is 32.1. The molecule has 0 saturated heterocycles. The van der Waals surface area contributed by atoms with E-state index in [0.29, 0.717) is 16.5 Å². The van der Waals surface area contributed by atoms with Gasteiger partial charge in [-0.1, -0.05) is 11.3 Å². The van der Waals surface area contributed by atoms with Crippen LogP contribution < -0.4 is 11.4 Å². The Balaban J connectivity index is 3.00. The standard InChI is InChI=1S/C7H8N4O2S/c1-3-10-5(12)8-6-11(7(10)13)9-4(2)14-6/h3H2,1-2H3. The summed E-state index contributed by atoms with van der Waals surface area (Å²) >= 11 is 1.23. The molecular formula is C7H8N4O2S. The van der Waals surface area contributed by atoms with Crippen LogP contribution in [-0.2, 0) is 6.54 Å². The zero-order valence-electron chi connectivity index (χ0n) is 7.72. The average Bonchev–Trinajstić information content (AvgIpc) is 2.47. The van der Waals surface area contributed by atoms with Crippen molar-refractivity contribution in [3.05, 3.63) is 26.0 Å². The van der Waals surface area contributed by atoms with Crippen LogP contribution in [0.2, 0.25) is 0 Å². The molecule has 0 atom stereocenters. The molecule has 14 heavy (non-hydrogen) atoms. The van der Waals surface area contributed by atoms with Crippen LogP contribution in [0.4, 0.5) is 0 Å². The molecule has 0 aliphatic rings. The van der Waals surface area contributed by atoms with Crippen LogP contribution in [0.3, 0.4) is 0 Å². The normalized spacial score (nSPS) is 11.0. The molecule has 0 N–H and O–H groups in total. The minimum Gasteiger partial charge on any atom is -0.245 e. The molecule has 0 unspecified atom stereocenters. The maximum atomic E-state index is 11.6. The van der Waals surface area contributed by atoms with E-state index < -0.39 is 11.4 Å². The zero-order valence-corrected chi connectivity index (χ0v) is 8.54. The highest BCUT2D eigenvalue weighted by Gasteiger charge is 2.08. The molecule has 0 bridgehead atoms. The molecule has 2 rings (SSSR count). The van der Waals surface area contributed by atoms with Gasteiger partial charge in [0.05, 0.1) is 0 Å². The molecule has 2 aromatic rings. The van der Waals surface area contributed by atoms with Crippen molar-refractivity contribution < 1.29 is 0 Å². The Hall–Kier alpha value is -1.50. The van der Waals surface area contributed by atoms with Crippen molar-refractivity contribution >= 4 is 16.3 Å². The van der Waals surface area contributed by atoms with Crippen molar-refractivity contribution in [3.63, 3.8) is 0 Å². The minimum absolute atomic E-state index is 0.310. The van der Waals surface area contributed by atoms with E-state index in [1.54, 1.807) is 13.8 Å². The third-order valence-electron chi connectivity index (χ3n) is 1.81. The van der Waals surface area contributed by atoms with Crippen LogP contribution in [0, 0.1) is 6.92 Å². The average molecular weight is 212 g/mol. The quantitative estimate of drug-likeness (QED) is 0.647. The lowest BCUT2D eigenvalue weighted by Crippen LogP contribution is -2.38. The number of fused-ring (bicyclic) bond motifs is 1. The fraction of sp³-hybridized carbons (Fsp3) is 0.429. The Labute approximate surface area is 82.5 Å². The van der Waals surface area contributed by atoms with Crippen molar-refractivity contribution in [2.24, 2.45) is 0 Å². The number of hydrogen-bond donors (Lipinski definition) is 0. The van der Waals surface area contributed by atoms with Crippen molar-refractivity contribution in [1.82, 2.24) is 19.2 Å². The highest BCUT2D eigenvalue weighted by Crippen LogP contribution is 2.06. The Bertz CT molecular complexity index is 594. The number of aryl methyl sites for hydroxylation is 1. The van der Waals surface area contributed by atoms with Gasteiger partial charge in [0.25, 0.3) is 0 Å². The summed E-state index contributed by atoms with van der Waals surface area (Å²) in [5.74, 6) is 0. The maximum absolute atomic E-state index is 11.6. The second-order valence-electron chi connectivity index (χ2n) is 2.74. The summed E-state index contributed by atoms with van der Waals surface area (Å²) in [6.45, 7) is 3.79. The molecule has 0 aromatic carbocycles. The molecule has 2 heterocycles. The molecule has 0 fully saturated rings. The van der Waals surface area contributed by atoms with E-state index in [0.717, 1.165) is 9.08 Å². The van der Waals surface area contributed by atoms with E-state index in [1.165, 1.54) is 11.3 Å². The highest BCUT2D eigenvalue weighted by molar-refractivity contribution is 7.16. The minimum atomic E-state index is -0.513. The van der Waals surface area contributed by atoms with Crippen molar-refractivity contribution in [2.75, 3.05) is 0 Å². The molecule has 0 spiro atoms. The van der Waals surface area contributed by atoms with Gasteiger partial charge in [-0.15, -0.1) is 0 Å². The summed E-state index contributed by atoms with van der Waals surface area (Å²) in [6.07, 6.45) is 0. The van der Waals surface area contributed by atoms with E-state index in [-0.39, 0.29) is 0 Å². The number of hydrogen-bond acceptors (Lipinski definition) is 5. The first kappa shape index (κ1) is 9.07. The molecule has 0 aliphatic carbocycles. The van der Waals surface area contributed by atoms with Gasteiger partial charge in [0.1, 0.15) is 5.01 Å². The van der Waals surface area contributed by atoms with Crippen LogP contribution in [0.25, 0.3) is 4.96 Å². The molecule has 2 aromatic heterocycles. The first-order valence-electron chi connectivity index (χ1n) is 4.11. The van der Waals surface area contributed by atoms with Gasteiger partial charge in [-0.05, 0) is 13.8 Å². The van der Waals surface area contributed by atoms with Gasteiger partial charge in [-0.3, -0.25) is 0 Å². The van der Waals surface area contributed by atoms with Crippen molar-refractivity contribution in [1.29, 1.82) is 0 Å². The Morgan fingerprint density at radius 2 is 2.14 bits per heavy atom. The Morgan fingerprint density at radius 3 is 2.79 bits per heavy atom. The fourth-order valence-electron chi connectivity index (χ4n) is 1.18. The zero-order chi connectivity index (χ0) is 10.3. The van der Waals surface area contributed by atoms with Crippen molar-refractivity contribution in [3.8, 4) is 0 Å². The largest absolute Gasteiger partial charge is 0.355 e. The summed E-state index contributed by atoms with van der Waals surface area (Å²) in [5.41, 5.74) is -0.937. The van der Waals surface area contributed by atoms with Gasteiger partial charge in [-0.25, -0.2) is 14.2 Å². The van der Waals surface area contributed by atoms with Gasteiger partial charge < -0.3 is 0 Å². The lowest BCUT2D eigenvalue weighted by molar-refractivity contribution is 0.617. The molecule has 0 amide bonds. The van der Waals surface area contributed by atoms with Gasteiger partial charge in [0, 0.05) is 6.54 Å². The van der Waals surface area contributed by atoms with Crippen LogP contribution >= 0.6 is 11.3 Å². The fourth-order valence-corrected chi connectivity index (χ4v) is 1.90. The van der Waals surface area contributed by atoms with Crippen LogP contribution in [-0.4, -0.2) is 19.2 Å². The first-order valence-corrected chi connectivity index (χ1v) is 4.92. The molecule has 6 nitrogen and oxygen atoms in total. The second-order valence-corrected chi connectivity index (χ2v) is 3.90. The summed E-state index contributed by atoms with van der Waals surface area (Å²) < 4.78 is 2.21. The van der Waals surface area contributed by atoms with E-state index in [2.05, 4.69) is 10.1 Å². The molecule has 0 aliphatic heterocycles. The van der Waals surface area contributed by atoms with E-state index in [4.69, 9.17) is 0 Å². The summed E-state index contributed by atoms with van der Waals surface area (Å²) in [7, 11) is 0. The second kappa shape index (κ2) is 3.02. The third kappa shape index (κ3) is 1.17. The van der Waals surface area contributed by atoms with Crippen LogP contribution in [0.1, 0.15) is 11.9 Å². The monoisotopic (exact) mass is 212 g/mol. The van der Waals surface area contributed by atoms with E-state index >= 15 is 0 Å². The molecular weight excluding hydrogens is 204 g/mol. The first-order chi connectivity index (χ1) is 6.63. The molecule has 0 saturated carbocycles. The molecule has 0 radical (unpaired) electrons. The predicted molar refractivity (Wildman–Crippen MR) is 51.8 cm³/mol. The van der Waals surface area contributed by atoms with Gasteiger partial charge in [-0.2, -0.15) is 14.6 Å². The number of aromatic nitrogens is 4. The van der Waals surface area contributed by atoms with Crippen LogP contribution in [0.15, 0.2) is 9.59 Å². The smallest absolute Gasteiger partial charge is 0.245 e. The lowest BCUT2D eigenvalue weighted by atomic mass is 10.7. The SMILES string of the molecule is CCn1c(=O)nc2sc(C)nn2c1=O. The molecule has 74 valence electrons. The van der Waals surface area contributed by atoms with Crippen LogP contribution in [0.5, 0.6) is 0 Å². The number of rotatable bonds is 1.